The molecular weight excluding hydrogens is 244 g/mol. The number of nitrogens with zero attached hydrogens (tertiary/aromatic N) is 2. The van der Waals surface area contributed by atoms with Crippen molar-refractivity contribution in [3.8, 4) is 0 Å². The zero-order chi connectivity index (χ0) is 13.7. The molecule has 5 unspecified atom stereocenters. The zero-order valence-electron chi connectivity index (χ0n) is 12.6. The normalized spacial score (nSPS) is 42.5. The molecule has 1 aromatic rings. The summed E-state index contributed by atoms with van der Waals surface area (Å²) in [6, 6.07) is 10.4. The Labute approximate surface area is 122 Å². The topological polar surface area (TPSA) is 3.24 Å². The van der Waals surface area contributed by atoms with Gasteiger partial charge in [-0.05, 0) is 38.3 Å². The smallest absolute Gasteiger partial charge is 0.144 e. The van der Waals surface area contributed by atoms with Crippen molar-refractivity contribution in [2.75, 3.05) is 20.1 Å². The Morgan fingerprint density at radius 3 is 2.95 bits per heavy atom. The van der Waals surface area contributed by atoms with E-state index in [-0.39, 0.29) is 0 Å². The van der Waals surface area contributed by atoms with Crippen molar-refractivity contribution < 1.29 is 0 Å². The molecule has 2 nitrogen and oxygen atoms in total. The summed E-state index contributed by atoms with van der Waals surface area (Å²) in [4.78, 5) is 2.74. The molecule has 2 bridgehead atoms. The Morgan fingerprint density at radius 1 is 1.25 bits per heavy atom. The van der Waals surface area contributed by atoms with E-state index >= 15 is 0 Å². The third kappa shape index (κ3) is 1.71. The van der Waals surface area contributed by atoms with Gasteiger partial charge in [0.05, 0.1) is 13.6 Å². The van der Waals surface area contributed by atoms with Gasteiger partial charge >= 0.3 is 0 Å². The molecule has 0 aliphatic carbocycles. The van der Waals surface area contributed by atoms with E-state index in [2.05, 4.69) is 55.4 Å². The minimum Gasteiger partial charge on any atom is -0.295 e. The van der Waals surface area contributed by atoms with Crippen molar-refractivity contribution in [1.29, 1.82) is 0 Å². The molecule has 0 spiro atoms. The van der Waals surface area contributed by atoms with Gasteiger partial charge in [0.25, 0.3) is 0 Å². The van der Waals surface area contributed by atoms with Crippen LogP contribution in [0.1, 0.15) is 31.7 Å². The second kappa shape index (κ2) is 4.44. The third-order valence-electron chi connectivity index (χ3n) is 6.08. The van der Waals surface area contributed by atoms with Crippen molar-refractivity contribution >= 4 is 11.8 Å². The van der Waals surface area contributed by atoms with Crippen LogP contribution in [0.3, 0.4) is 0 Å². The maximum Gasteiger partial charge on any atom is 0.144 e. The van der Waals surface area contributed by atoms with E-state index in [1.807, 2.05) is 0 Å². The number of hydrogen-bond donors (Lipinski definition) is 0. The van der Waals surface area contributed by atoms with Crippen LogP contribution in [0.25, 0.3) is 6.08 Å². The number of hydrogen-bond acceptors (Lipinski definition) is 1. The van der Waals surface area contributed by atoms with E-state index in [4.69, 9.17) is 0 Å². The number of para-hydroxylation sites is 1. The minimum absolute atomic E-state index is 0.719. The van der Waals surface area contributed by atoms with E-state index in [1.54, 1.807) is 0 Å². The van der Waals surface area contributed by atoms with Gasteiger partial charge in [-0.2, -0.15) is 0 Å². The lowest BCUT2D eigenvalue weighted by Gasteiger charge is -2.50. The molecular formula is C18H25N2+. The molecule has 0 saturated carbocycles. The molecule has 20 heavy (non-hydrogen) atoms. The molecule has 3 aliphatic heterocycles. The predicted molar refractivity (Wildman–Crippen MR) is 85.4 cm³/mol. The first-order valence-electron chi connectivity index (χ1n) is 8.07. The van der Waals surface area contributed by atoms with Crippen LogP contribution >= 0.6 is 0 Å². The molecule has 2 fully saturated rings. The summed E-state index contributed by atoms with van der Waals surface area (Å²) < 4.78 is 1.01. The van der Waals surface area contributed by atoms with Crippen LogP contribution in [-0.2, 0) is 0 Å². The van der Waals surface area contributed by atoms with Crippen LogP contribution in [0.4, 0.5) is 5.69 Å². The first-order chi connectivity index (χ1) is 9.68. The molecule has 0 amide bonds. The number of likely N-dealkylation sites (N-methyl/N-ethyl adjacent to an activating group) is 1. The van der Waals surface area contributed by atoms with E-state index < -0.39 is 0 Å². The first kappa shape index (κ1) is 12.6. The van der Waals surface area contributed by atoms with Crippen molar-refractivity contribution in [3.63, 3.8) is 0 Å². The van der Waals surface area contributed by atoms with Gasteiger partial charge in [0.2, 0.25) is 0 Å². The molecule has 0 aromatic heterocycles. The Morgan fingerprint density at radius 2 is 2.10 bits per heavy atom. The van der Waals surface area contributed by atoms with Gasteiger partial charge in [0.1, 0.15) is 17.9 Å². The predicted octanol–water partition coefficient (Wildman–Crippen LogP) is 3.48. The Kier molecular flexibility index (Phi) is 2.80. The number of benzene rings is 1. The van der Waals surface area contributed by atoms with Gasteiger partial charge in [-0.15, -0.1) is 0 Å². The Bertz CT molecular complexity index is 536. The summed E-state index contributed by atoms with van der Waals surface area (Å²) in [5, 5.41) is 0. The van der Waals surface area contributed by atoms with E-state index in [0.29, 0.717) is 0 Å². The van der Waals surface area contributed by atoms with Crippen molar-refractivity contribution in [2.45, 2.75) is 38.3 Å². The van der Waals surface area contributed by atoms with Gasteiger partial charge in [0.15, 0.2) is 0 Å². The fraction of sp³-hybridized carbons (Fsp3) is 0.556. The SMILES string of the molecule is CC1C2CCCN1CC([N+]1(C)C=Cc3ccccc31)C2. The molecule has 2 heteroatoms. The minimum atomic E-state index is 0.719. The number of fused-ring (bicyclic) bond motifs is 3. The Hall–Kier alpha value is -1.12. The molecule has 3 heterocycles. The van der Waals surface area contributed by atoms with Crippen molar-refractivity contribution in [1.82, 2.24) is 9.38 Å². The van der Waals surface area contributed by atoms with Crippen molar-refractivity contribution in [2.24, 2.45) is 5.92 Å². The Balaban J connectivity index is 1.67. The number of piperidine rings is 2. The summed E-state index contributed by atoms with van der Waals surface area (Å²) in [6.45, 7) is 5.00. The molecule has 5 atom stereocenters. The lowest BCUT2D eigenvalue weighted by Crippen LogP contribution is -2.61. The average Bonchev–Trinajstić information content (AvgIpc) is 2.78. The van der Waals surface area contributed by atoms with Crippen LogP contribution < -0.4 is 4.48 Å². The standard InChI is InChI=1S/C18H25N2/c1-14-16-7-5-10-19(14)13-17(12-16)20(2)11-9-15-6-3-4-8-18(15)20/h3-4,6,8-9,11,14,16-17H,5,7,10,12-13H2,1-2H3/q+1. The van der Waals surface area contributed by atoms with Gasteiger partial charge in [-0.1, -0.05) is 12.1 Å². The summed E-state index contributed by atoms with van der Waals surface area (Å²) in [5.41, 5.74) is 2.90. The fourth-order valence-corrected chi connectivity index (χ4v) is 4.66. The van der Waals surface area contributed by atoms with Crippen LogP contribution in [0.5, 0.6) is 0 Å². The van der Waals surface area contributed by atoms with Crippen LogP contribution in [0, 0.1) is 5.92 Å². The lowest BCUT2D eigenvalue weighted by atomic mass is 9.80. The molecule has 2 saturated heterocycles. The molecule has 4 rings (SSSR count). The first-order valence-corrected chi connectivity index (χ1v) is 8.07. The highest BCUT2D eigenvalue weighted by atomic mass is 15.4. The van der Waals surface area contributed by atoms with Gasteiger partial charge in [-0.25, -0.2) is 0 Å². The lowest BCUT2D eigenvalue weighted by molar-refractivity contribution is 0.0202. The summed E-state index contributed by atoms with van der Waals surface area (Å²) in [7, 11) is 2.40. The second-order valence-corrected chi connectivity index (χ2v) is 7.05. The van der Waals surface area contributed by atoms with Crippen LogP contribution in [-0.4, -0.2) is 37.1 Å². The van der Waals surface area contributed by atoms with E-state index in [9.17, 15) is 0 Å². The monoisotopic (exact) mass is 269 g/mol. The highest BCUT2D eigenvalue weighted by molar-refractivity contribution is 5.73. The largest absolute Gasteiger partial charge is 0.295 e. The second-order valence-electron chi connectivity index (χ2n) is 7.05. The maximum absolute atomic E-state index is 2.74. The third-order valence-corrected chi connectivity index (χ3v) is 6.08. The summed E-state index contributed by atoms with van der Waals surface area (Å²) in [5.74, 6) is 0.901. The molecule has 1 aromatic carbocycles. The highest BCUT2D eigenvalue weighted by Crippen LogP contribution is 2.42. The number of rotatable bonds is 1. The average molecular weight is 269 g/mol. The zero-order valence-corrected chi connectivity index (χ0v) is 12.6. The van der Waals surface area contributed by atoms with Gasteiger partial charge < -0.3 is 0 Å². The highest BCUT2D eigenvalue weighted by Gasteiger charge is 2.46. The quantitative estimate of drug-likeness (QED) is 0.706. The molecule has 0 radical (unpaired) electrons. The summed E-state index contributed by atoms with van der Waals surface area (Å²) in [6.07, 6.45) is 8.95. The fourth-order valence-electron chi connectivity index (χ4n) is 4.66. The van der Waals surface area contributed by atoms with Gasteiger partial charge in [0, 0.05) is 30.2 Å². The van der Waals surface area contributed by atoms with Crippen LogP contribution in [0.2, 0.25) is 0 Å². The van der Waals surface area contributed by atoms with Crippen molar-refractivity contribution in [3.05, 3.63) is 36.0 Å². The van der Waals surface area contributed by atoms with E-state index in [0.717, 1.165) is 22.5 Å². The molecule has 3 aliphatic rings. The molecule has 106 valence electrons. The van der Waals surface area contributed by atoms with Gasteiger partial charge in [-0.3, -0.25) is 9.38 Å². The van der Waals surface area contributed by atoms with Crippen LogP contribution in [0.15, 0.2) is 30.5 Å². The summed E-state index contributed by atoms with van der Waals surface area (Å²) >= 11 is 0. The maximum atomic E-state index is 2.74. The van der Waals surface area contributed by atoms with E-state index in [1.165, 1.54) is 43.6 Å². The number of quaternary nitrogens is 1. The molecule has 0 N–H and O–H groups in total.